The van der Waals surface area contributed by atoms with Gasteiger partial charge in [-0.25, -0.2) is 0 Å². The van der Waals surface area contributed by atoms with Gasteiger partial charge in [0.25, 0.3) is 0 Å². The van der Waals surface area contributed by atoms with Crippen molar-refractivity contribution in [3.63, 3.8) is 0 Å². The number of hydrogen-bond acceptors (Lipinski definition) is 2. The molecule has 1 heterocycles. The van der Waals surface area contributed by atoms with Gasteiger partial charge in [-0.1, -0.05) is 11.6 Å². The van der Waals surface area contributed by atoms with Crippen LogP contribution in [0.2, 0.25) is 5.02 Å². The molecule has 0 saturated heterocycles. The van der Waals surface area contributed by atoms with Gasteiger partial charge in [-0.05, 0) is 25.1 Å². The van der Waals surface area contributed by atoms with E-state index in [0.717, 1.165) is 16.5 Å². The van der Waals surface area contributed by atoms with Crippen molar-refractivity contribution in [1.82, 2.24) is 0 Å². The lowest BCUT2D eigenvalue weighted by molar-refractivity contribution is 0.250. The maximum Gasteiger partial charge on any atom is 0.134 e. The van der Waals surface area contributed by atoms with Crippen LogP contribution in [0.5, 0.6) is 0 Å². The van der Waals surface area contributed by atoms with Crippen LogP contribution in [0.4, 0.5) is 0 Å². The zero-order chi connectivity index (χ0) is 9.42. The second kappa shape index (κ2) is 3.05. The van der Waals surface area contributed by atoms with Crippen LogP contribution in [0.25, 0.3) is 11.0 Å². The average Bonchev–Trinajstić information content (AvgIpc) is 2.44. The molecule has 0 fully saturated rings. The van der Waals surface area contributed by atoms with Crippen LogP contribution in [0.15, 0.2) is 22.6 Å². The van der Waals surface area contributed by atoms with Crippen LogP contribution in [0.3, 0.4) is 0 Å². The molecular weight excluding hydrogens is 188 g/mol. The lowest BCUT2D eigenvalue weighted by atomic mass is 10.1. The normalized spacial score (nSPS) is 11.0. The van der Waals surface area contributed by atoms with Crippen molar-refractivity contribution in [2.24, 2.45) is 0 Å². The van der Waals surface area contributed by atoms with Gasteiger partial charge in [-0.3, -0.25) is 0 Å². The molecule has 1 aromatic heterocycles. The zero-order valence-electron chi connectivity index (χ0n) is 7.17. The molecule has 0 saturated carbocycles. The number of aliphatic hydroxyl groups is 1. The van der Waals surface area contributed by atoms with Gasteiger partial charge >= 0.3 is 0 Å². The second-order valence-electron chi connectivity index (χ2n) is 2.95. The highest BCUT2D eigenvalue weighted by atomic mass is 35.5. The molecule has 1 N–H and O–H groups in total. The van der Waals surface area contributed by atoms with E-state index in [-0.39, 0.29) is 6.61 Å². The molecule has 2 rings (SSSR count). The molecule has 0 aliphatic heterocycles. The van der Waals surface area contributed by atoms with Crippen LogP contribution in [0, 0.1) is 6.92 Å². The maximum atomic E-state index is 8.96. The second-order valence-corrected chi connectivity index (χ2v) is 3.39. The predicted molar refractivity (Wildman–Crippen MR) is 51.9 cm³/mol. The Labute approximate surface area is 80.7 Å². The van der Waals surface area contributed by atoms with E-state index < -0.39 is 0 Å². The predicted octanol–water partition coefficient (Wildman–Crippen LogP) is 2.89. The largest absolute Gasteiger partial charge is 0.458 e. The van der Waals surface area contributed by atoms with Crippen LogP contribution < -0.4 is 0 Å². The zero-order valence-corrected chi connectivity index (χ0v) is 7.93. The van der Waals surface area contributed by atoms with E-state index in [1.54, 1.807) is 6.07 Å². The van der Waals surface area contributed by atoms with Gasteiger partial charge < -0.3 is 9.52 Å². The Hall–Kier alpha value is -0.990. The van der Waals surface area contributed by atoms with Crippen molar-refractivity contribution in [3.8, 4) is 0 Å². The van der Waals surface area contributed by atoms with Gasteiger partial charge in [0.15, 0.2) is 0 Å². The Bertz CT molecular complexity index is 445. The Morgan fingerprint density at radius 2 is 2.23 bits per heavy atom. The van der Waals surface area contributed by atoms with E-state index in [0.29, 0.717) is 10.8 Å². The fraction of sp³-hybridized carbons (Fsp3) is 0.200. The van der Waals surface area contributed by atoms with Crippen molar-refractivity contribution < 1.29 is 9.52 Å². The number of rotatable bonds is 1. The number of fused-ring (bicyclic) bond motifs is 1. The SMILES string of the molecule is Cc1c(CO)oc2ccc(Cl)cc12. The molecule has 0 radical (unpaired) electrons. The molecule has 2 aromatic rings. The van der Waals surface area contributed by atoms with Gasteiger partial charge in [-0.2, -0.15) is 0 Å². The first-order chi connectivity index (χ1) is 6.22. The number of hydrogen-bond donors (Lipinski definition) is 1. The first-order valence-electron chi connectivity index (χ1n) is 4.01. The standard InChI is InChI=1S/C10H9ClO2/c1-6-8-4-7(11)2-3-9(8)13-10(6)5-12/h2-4,12H,5H2,1H3. The fourth-order valence-electron chi connectivity index (χ4n) is 1.39. The maximum absolute atomic E-state index is 8.96. The fourth-order valence-corrected chi connectivity index (χ4v) is 1.57. The molecule has 3 heteroatoms. The van der Waals surface area contributed by atoms with E-state index in [9.17, 15) is 0 Å². The number of furan rings is 1. The van der Waals surface area contributed by atoms with Crippen molar-refractivity contribution in [2.45, 2.75) is 13.5 Å². The van der Waals surface area contributed by atoms with Crippen LogP contribution in [-0.2, 0) is 6.61 Å². The van der Waals surface area contributed by atoms with Gasteiger partial charge in [-0.15, -0.1) is 0 Å². The summed E-state index contributed by atoms with van der Waals surface area (Å²) in [6, 6.07) is 5.42. The highest BCUT2D eigenvalue weighted by molar-refractivity contribution is 6.31. The molecule has 0 aliphatic carbocycles. The van der Waals surface area contributed by atoms with Crippen molar-refractivity contribution in [3.05, 3.63) is 34.5 Å². The van der Waals surface area contributed by atoms with Gasteiger partial charge in [0.2, 0.25) is 0 Å². The minimum atomic E-state index is -0.0713. The van der Waals surface area contributed by atoms with Crippen LogP contribution in [-0.4, -0.2) is 5.11 Å². The third-order valence-electron chi connectivity index (χ3n) is 2.14. The Kier molecular flexibility index (Phi) is 2.02. The number of halogens is 1. The van der Waals surface area contributed by atoms with E-state index in [1.165, 1.54) is 0 Å². The molecule has 0 amide bonds. The first kappa shape index (κ1) is 8.60. The molecule has 0 bridgehead atoms. The smallest absolute Gasteiger partial charge is 0.134 e. The molecular formula is C10H9ClO2. The Morgan fingerprint density at radius 3 is 2.92 bits per heavy atom. The Morgan fingerprint density at radius 1 is 1.46 bits per heavy atom. The summed E-state index contributed by atoms with van der Waals surface area (Å²) in [5.41, 5.74) is 1.73. The molecule has 13 heavy (non-hydrogen) atoms. The number of benzene rings is 1. The number of aliphatic hydroxyl groups excluding tert-OH is 1. The topological polar surface area (TPSA) is 33.4 Å². The molecule has 0 atom stereocenters. The Balaban J connectivity index is 2.77. The first-order valence-corrected chi connectivity index (χ1v) is 4.38. The number of aryl methyl sites for hydroxylation is 1. The minimum Gasteiger partial charge on any atom is -0.458 e. The van der Waals surface area contributed by atoms with Crippen molar-refractivity contribution in [2.75, 3.05) is 0 Å². The summed E-state index contributed by atoms with van der Waals surface area (Å²) < 4.78 is 5.39. The van der Waals surface area contributed by atoms with Gasteiger partial charge in [0, 0.05) is 16.0 Å². The molecule has 0 unspecified atom stereocenters. The quantitative estimate of drug-likeness (QED) is 0.761. The summed E-state index contributed by atoms with van der Waals surface area (Å²) in [6.07, 6.45) is 0. The summed E-state index contributed by atoms with van der Waals surface area (Å²) in [5, 5.41) is 10.6. The summed E-state index contributed by atoms with van der Waals surface area (Å²) in [4.78, 5) is 0. The van der Waals surface area contributed by atoms with Crippen molar-refractivity contribution in [1.29, 1.82) is 0 Å². The summed E-state index contributed by atoms with van der Waals surface area (Å²) in [7, 11) is 0. The lowest BCUT2D eigenvalue weighted by Crippen LogP contribution is -1.80. The van der Waals surface area contributed by atoms with Gasteiger partial charge in [0.1, 0.15) is 18.0 Å². The molecule has 68 valence electrons. The third kappa shape index (κ3) is 1.32. The average molecular weight is 197 g/mol. The van der Waals surface area contributed by atoms with E-state index in [1.807, 2.05) is 19.1 Å². The van der Waals surface area contributed by atoms with Crippen molar-refractivity contribution >= 4 is 22.6 Å². The van der Waals surface area contributed by atoms with E-state index in [2.05, 4.69) is 0 Å². The van der Waals surface area contributed by atoms with Crippen LogP contribution in [0.1, 0.15) is 11.3 Å². The molecule has 0 aliphatic rings. The third-order valence-corrected chi connectivity index (χ3v) is 2.38. The lowest BCUT2D eigenvalue weighted by Gasteiger charge is -1.90. The molecule has 2 nitrogen and oxygen atoms in total. The van der Waals surface area contributed by atoms with Gasteiger partial charge in [0.05, 0.1) is 0 Å². The highest BCUT2D eigenvalue weighted by Crippen LogP contribution is 2.27. The van der Waals surface area contributed by atoms with Crippen LogP contribution >= 0.6 is 11.6 Å². The summed E-state index contributed by atoms with van der Waals surface area (Å²) >= 11 is 5.84. The summed E-state index contributed by atoms with van der Waals surface area (Å²) in [6.45, 7) is 1.84. The molecule has 1 aromatic carbocycles. The van der Waals surface area contributed by atoms with E-state index >= 15 is 0 Å². The molecule has 0 spiro atoms. The van der Waals surface area contributed by atoms with E-state index in [4.69, 9.17) is 21.1 Å². The minimum absolute atomic E-state index is 0.0713. The highest BCUT2D eigenvalue weighted by Gasteiger charge is 2.08. The monoisotopic (exact) mass is 196 g/mol. The summed E-state index contributed by atoms with van der Waals surface area (Å²) in [5.74, 6) is 0.609.